The summed E-state index contributed by atoms with van der Waals surface area (Å²) in [5.74, 6) is 1.26. The van der Waals surface area contributed by atoms with Crippen LogP contribution < -0.4 is 0 Å². The highest BCUT2D eigenvalue weighted by molar-refractivity contribution is 4.94. The van der Waals surface area contributed by atoms with Crippen LogP contribution in [0.1, 0.15) is 96.8 Å². The molecular formula is C18H34N2. The number of unbranched alkanes of at least 4 members (excludes halogenated alkanes) is 9. The zero-order chi connectivity index (χ0) is 14.6. The normalized spacial score (nSPS) is 11.4. The van der Waals surface area contributed by atoms with E-state index in [-0.39, 0.29) is 0 Å². The molecule has 2 heteroatoms. The summed E-state index contributed by atoms with van der Waals surface area (Å²) in [6.07, 6.45) is 19.2. The smallest absolute Gasteiger partial charge is 0.108 e. The fourth-order valence-corrected chi connectivity index (χ4v) is 2.78. The number of nitrogens with zero attached hydrogens (tertiary/aromatic N) is 2. The predicted molar refractivity (Wildman–Crippen MR) is 88.2 cm³/mol. The molecule has 1 aromatic heterocycles. The van der Waals surface area contributed by atoms with Crippen LogP contribution in [0.25, 0.3) is 0 Å². The molecule has 1 heterocycles. The van der Waals surface area contributed by atoms with Crippen molar-refractivity contribution in [3.8, 4) is 0 Å². The summed E-state index contributed by atoms with van der Waals surface area (Å²) in [6, 6.07) is 0.538. The molecule has 1 aromatic rings. The monoisotopic (exact) mass is 278 g/mol. The maximum atomic E-state index is 4.48. The van der Waals surface area contributed by atoms with Crippen molar-refractivity contribution in [2.75, 3.05) is 0 Å². The molecule has 0 saturated carbocycles. The van der Waals surface area contributed by atoms with Gasteiger partial charge in [-0.1, -0.05) is 64.7 Å². The van der Waals surface area contributed by atoms with Gasteiger partial charge in [-0.15, -0.1) is 0 Å². The third kappa shape index (κ3) is 7.12. The maximum absolute atomic E-state index is 4.48. The van der Waals surface area contributed by atoms with Crippen LogP contribution in [-0.4, -0.2) is 9.55 Å². The lowest BCUT2D eigenvalue weighted by Crippen LogP contribution is -2.05. The predicted octanol–water partition coefficient (Wildman–Crippen LogP) is 5.93. The first-order valence-electron chi connectivity index (χ1n) is 8.77. The number of aryl methyl sites for hydroxylation is 1. The Labute approximate surface area is 126 Å². The second kappa shape index (κ2) is 10.9. The Hall–Kier alpha value is -0.790. The fourth-order valence-electron chi connectivity index (χ4n) is 2.78. The zero-order valence-electron chi connectivity index (χ0n) is 13.9. The van der Waals surface area contributed by atoms with Crippen LogP contribution in [0.2, 0.25) is 0 Å². The van der Waals surface area contributed by atoms with Gasteiger partial charge in [0.2, 0.25) is 0 Å². The van der Waals surface area contributed by atoms with Crippen LogP contribution in [0, 0.1) is 0 Å². The van der Waals surface area contributed by atoms with E-state index in [1.54, 1.807) is 0 Å². The average molecular weight is 278 g/mol. The summed E-state index contributed by atoms with van der Waals surface area (Å²) in [5.41, 5.74) is 0. The molecule has 116 valence electrons. The van der Waals surface area contributed by atoms with Crippen molar-refractivity contribution in [2.24, 2.45) is 0 Å². The minimum absolute atomic E-state index is 0.538. The first-order chi connectivity index (χ1) is 9.75. The minimum Gasteiger partial charge on any atom is -0.332 e. The highest BCUT2D eigenvalue weighted by Gasteiger charge is 2.04. The van der Waals surface area contributed by atoms with E-state index in [0.29, 0.717) is 6.04 Å². The Morgan fingerprint density at radius 2 is 1.45 bits per heavy atom. The molecule has 0 aliphatic heterocycles. The highest BCUT2D eigenvalue weighted by Crippen LogP contribution is 2.13. The van der Waals surface area contributed by atoms with Gasteiger partial charge in [0.05, 0.1) is 0 Å². The van der Waals surface area contributed by atoms with E-state index in [9.17, 15) is 0 Å². The van der Waals surface area contributed by atoms with Gasteiger partial charge in [-0.25, -0.2) is 4.98 Å². The van der Waals surface area contributed by atoms with E-state index in [1.165, 1.54) is 70.0 Å². The molecule has 0 saturated heterocycles. The SMILES string of the molecule is CCCCCCCCCCCCc1nccn1C(C)C. The van der Waals surface area contributed by atoms with E-state index < -0.39 is 0 Å². The Morgan fingerprint density at radius 3 is 2.00 bits per heavy atom. The molecule has 20 heavy (non-hydrogen) atoms. The molecule has 0 unspecified atom stereocenters. The zero-order valence-corrected chi connectivity index (χ0v) is 13.9. The Morgan fingerprint density at radius 1 is 0.900 bits per heavy atom. The standard InChI is InChI=1S/C18H34N2/c1-4-5-6-7-8-9-10-11-12-13-14-18-19-15-16-20(18)17(2)3/h15-17H,4-14H2,1-3H3. The Kier molecular flexibility index (Phi) is 9.44. The first-order valence-corrected chi connectivity index (χ1v) is 8.77. The third-order valence-electron chi connectivity index (χ3n) is 4.06. The van der Waals surface area contributed by atoms with E-state index in [1.807, 2.05) is 6.20 Å². The molecule has 2 nitrogen and oxygen atoms in total. The van der Waals surface area contributed by atoms with Crippen LogP contribution in [0.4, 0.5) is 0 Å². The number of hydrogen-bond acceptors (Lipinski definition) is 1. The van der Waals surface area contributed by atoms with Gasteiger partial charge in [-0.05, 0) is 20.3 Å². The van der Waals surface area contributed by atoms with Gasteiger partial charge in [-0.2, -0.15) is 0 Å². The van der Waals surface area contributed by atoms with Crippen molar-refractivity contribution >= 4 is 0 Å². The Balaban J connectivity index is 1.96. The van der Waals surface area contributed by atoms with Crippen molar-refractivity contribution in [1.29, 1.82) is 0 Å². The van der Waals surface area contributed by atoms with Gasteiger partial charge in [-0.3, -0.25) is 0 Å². The van der Waals surface area contributed by atoms with Gasteiger partial charge >= 0.3 is 0 Å². The fraction of sp³-hybridized carbons (Fsp3) is 0.833. The molecule has 1 rings (SSSR count). The largest absolute Gasteiger partial charge is 0.332 e. The number of aromatic nitrogens is 2. The van der Waals surface area contributed by atoms with E-state index in [2.05, 4.69) is 36.5 Å². The maximum Gasteiger partial charge on any atom is 0.108 e. The lowest BCUT2D eigenvalue weighted by molar-refractivity contribution is 0.534. The van der Waals surface area contributed by atoms with Crippen molar-refractivity contribution < 1.29 is 0 Å². The summed E-state index contributed by atoms with van der Waals surface area (Å²) in [7, 11) is 0. The molecule has 0 N–H and O–H groups in total. The molecule has 0 bridgehead atoms. The lowest BCUT2D eigenvalue weighted by Gasteiger charge is -2.11. The van der Waals surface area contributed by atoms with Crippen LogP contribution >= 0.6 is 0 Å². The van der Waals surface area contributed by atoms with Crippen molar-refractivity contribution in [1.82, 2.24) is 9.55 Å². The van der Waals surface area contributed by atoms with Crippen molar-refractivity contribution in [3.63, 3.8) is 0 Å². The molecule has 0 aliphatic rings. The third-order valence-corrected chi connectivity index (χ3v) is 4.06. The molecule has 0 amide bonds. The summed E-state index contributed by atoms with van der Waals surface area (Å²) in [5, 5.41) is 0. The van der Waals surface area contributed by atoms with Gasteiger partial charge in [0, 0.05) is 24.9 Å². The number of imidazole rings is 1. The van der Waals surface area contributed by atoms with Crippen molar-refractivity contribution in [2.45, 2.75) is 97.4 Å². The summed E-state index contributed by atoms with van der Waals surface area (Å²) < 4.78 is 2.30. The molecule has 0 atom stereocenters. The molecule has 0 aromatic carbocycles. The number of rotatable bonds is 12. The van der Waals surface area contributed by atoms with Gasteiger partial charge < -0.3 is 4.57 Å². The summed E-state index contributed by atoms with van der Waals surface area (Å²) >= 11 is 0. The summed E-state index contributed by atoms with van der Waals surface area (Å²) in [6.45, 7) is 6.73. The summed E-state index contributed by atoms with van der Waals surface area (Å²) in [4.78, 5) is 4.48. The minimum atomic E-state index is 0.538. The quantitative estimate of drug-likeness (QED) is 0.433. The van der Waals surface area contributed by atoms with Gasteiger partial charge in [0.15, 0.2) is 0 Å². The van der Waals surface area contributed by atoms with Crippen LogP contribution in [0.5, 0.6) is 0 Å². The second-order valence-electron chi connectivity index (χ2n) is 6.28. The van der Waals surface area contributed by atoms with Crippen LogP contribution in [0.3, 0.4) is 0 Å². The topological polar surface area (TPSA) is 17.8 Å². The molecule has 0 radical (unpaired) electrons. The molecule has 0 fully saturated rings. The average Bonchev–Trinajstić information content (AvgIpc) is 2.89. The molecule has 0 spiro atoms. The lowest BCUT2D eigenvalue weighted by atomic mass is 10.1. The van der Waals surface area contributed by atoms with E-state index >= 15 is 0 Å². The first kappa shape index (κ1) is 17.3. The second-order valence-corrected chi connectivity index (χ2v) is 6.28. The van der Waals surface area contributed by atoms with E-state index in [4.69, 9.17) is 0 Å². The van der Waals surface area contributed by atoms with Crippen molar-refractivity contribution in [3.05, 3.63) is 18.2 Å². The van der Waals surface area contributed by atoms with E-state index in [0.717, 1.165) is 6.42 Å². The highest BCUT2D eigenvalue weighted by atomic mass is 15.1. The number of hydrogen-bond donors (Lipinski definition) is 0. The molecular weight excluding hydrogens is 244 g/mol. The van der Waals surface area contributed by atoms with Crippen LogP contribution in [0.15, 0.2) is 12.4 Å². The van der Waals surface area contributed by atoms with Gasteiger partial charge in [0.1, 0.15) is 5.82 Å². The molecule has 0 aliphatic carbocycles. The Bertz CT molecular complexity index is 328. The van der Waals surface area contributed by atoms with Crippen LogP contribution in [-0.2, 0) is 6.42 Å². The van der Waals surface area contributed by atoms with Gasteiger partial charge in [0.25, 0.3) is 0 Å².